The molecule has 1 aliphatic rings. The third-order valence-corrected chi connectivity index (χ3v) is 4.50. The summed E-state index contributed by atoms with van der Waals surface area (Å²) in [5.74, 6) is 0.488. The van der Waals surface area contributed by atoms with E-state index in [1.807, 2.05) is 13.8 Å². The van der Waals surface area contributed by atoms with Gasteiger partial charge >= 0.3 is 0 Å². The lowest BCUT2D eigenvalue weighted by Crippen LogP contribution is -2.50. The van der Waals surface area contributed by atoms with Crippen LogP contribution in [-0.2, 0) is 22.6 Å². The van der Waals surface area contributed by atoms with Crippen LogP contribution in [0.3, 0.4) is 0 Å². The van der Waals surface area contributed by atoms with Gasteiger partial charge in [0, 0.05) is 18.4 Å². The number of aliphatic hydroxyl groups is 1. The summed E-state index contributed by atoms with van der Waals surface area (Å²) in [5, 5.41) is 20.0. The number of nitrogens with one attached hydrogen (secondary N) is 1. The van der Waals surface area contributed by atoms with Crippen LogP contribution in [0.2, 0.25) is 0 Å². The molecular weight excluding hydrogens is 340 g/mol. The topological polar surface area (TPSA) is 112 Å². The number of carbonyl (C=O) groups excluding carboxylic acids is 1. The number of aryl methyl sites for hydroxylation is 2. The normalized spacial score (nSPS) is 20.3. The van der Waals surface area contributed by atoms with Crippen molar-refractivity contribution in [2.24, 2.45) is 0 Å². The van der Waals surface area contributed by atoms with E-state index in [9.17, 15) is 4.79 Å². The molecule has 2 aromatic rings. The summed E-state index contributed by atoms with van der Waals surface area (Å²) in [7, 11) is 0. The standard InChI is InChI=1S/C17H24N4O5/c1-11-13(12(2)26-20-11)9-25-16-10-24-8-4-14(16)19-17(23)15-3-5-18-21(15)6-7-22/h3,5,14,16,22H,4,6-10H2,1-2H3,(H,19,23)/t14-,16-/m1/s1. The molecule has 1 aliphatic heterocycles. The molecular formula is C17H24N4O5. The number of rotatable bonds is 7. The first kappa shape index (κ1) is 18.6. The molecule has 9 nitrogen and oxygen atoms in total. The molecule has 0 spiro atoms. The quantitative estimate of drug-likeness (QED) is 0.739. The number of nitrogens with zero attached hydrogens (tertiary/aromatic N) is 3. The van der Waals surface area contributed by atoms with Crippen molar-refractivity contribution >= 4 is 5.91 Å². The van der Waals surface area contributed by atoms with Crippen molar-refractivity contribution in [2.45, 2.75) is 45.6 Å². The Balaban J connectivity index is 1.63. The van der Waals surface area contributed by atoms with Gasteiger partial charge in [-0.3, -0.25) is 9.48 Å². The van der Waals surface area contributed by atoms with Gasteiger partial charge in [-0.05, 0) is 26.3 Å². The van der Waals surface area contributed by atoms with E-state index in [0.717, 1.165) is 17.0 Å². The van der Waals surface area contributed by atoms with Gasteiger partial charge in [0.1, 0.15) is 17.6 Å². The van der Waals surface area contributed by atoms with Gasteiger partial charge in [0.15, 0.2) is 0 Å². The summed E-state index contributed by atoms with van der Waals surface area (Å²) >= 11 is 0. The van der Waals surface area contributed by atoms with Gasteiger partial charge in [-0.1, -0.05) is 5.16 Å². The average Bonchev–Trinajstić information content (AvgIpc) is 3.22. The Labute approximate surface area is 151 Å². The fraction of sp³-hybridized carbons (Fsp3) is 0.588. The monoisotopic (exact) mass is 364 g/mol. The van der Waals surface area contributed by atoms with Crippen LogP contribution in [0.1, 0.15) is 33.9 Å². The first-order valence-corrected chi connectivity index (χ1v) is 8.64. The highest BCUT2D eigenvalue weighted by atomic mass is 16.5. The number of carbonyl (C=O) groups is 1. The number of aromatic nitrogens is 3. The lowest BCUT2D eigenvalue weighted by molar-refractivity contribution is -0.0739. The Morgan fingerprint density at radius 2 is 2.35 bits per heavy atom. The molecule has 0 saturated carbocycles. The van der Waals surface area contributed by atoms with Crippen LogP contribution in [0.15, 0.2) is 16.8 Å². The predicted molar refractivity (Wildman–Crippen MR) is 90.6 cm³/mol. The molecule has 142 valence electrons. The Kier molecular flexibility index (Phi) is 6.02. The van der Waals surface area contributed by atoms with Gasteiger partial charge in [0.25, 0.3) is 5.91 Å². The van der Waals surface area contributed by atoms with E-state index in [4.69, 9.17) is 19.1 Å². The Morgan fingerprint density at radius 3 is 3.08 bits per heavy atom. The van der Waals surface area contributed by atoms with Crippen LogP contribution < -0.4 is 5.32 Å². The molecule has 1 amide bonds. The van der Waals surface area contributed by atoms with Gasteiger partial charge < -0.3 is 24.4 Å². The maximum atomic E-state index is 12.6. The zero-order valence-electron chi connectivity index (χ0n) is 15.0. The minimum Gasteiger partial charge on any atom is -0.394 e. The van der Waals surface area contributed by atoms with E-state index >= 15 is 0 Å². The second-order valence-corrected chi connectivity index (χ2v) is 6.26. The lowest BCUT2D eigenvalue weighted by Gasteiger charge is -2.32. The summed E-state index contributed by atoms with van der Waals surface area (Å²) < 4.78 is 18.1. The third kappa shape index (κ3) is 4.12. The van der Waals surface area contributed by atoms with Crippen molar-refractivity contribution in [3.05, 3.63) is 35.0 Å². The second-order valence-electron chi connectivity index (χ2n) is 6.26. The molecule has 1 saturated heterocycles. The molecule has 0 bridgehead atoms. The highest BCUT2D eigenvalue weighted by molar-refractivity contribution is 5.92. The Morgan fingerprint density at radius 1 is 1.50 bits per heavy atom. The van der Waals surface area contributed by atoms with Gasteiger partial charge in [0.05, 0.1) is 38.1 Å². The maximum absolute atomic E-state index is 12.6. The lowest BCUT2D eigenvalue weighted by atomic mass is 10.1. The van der Waals surface area contributed by atoms with Crippen LogP contribution in [-0.4, -0.2) is 57.9 Å². The Hall–Kier alpha value is -2.23. The highest BCUT2D eigenvalue weighted by Crippen LogP contribution is 2.18. The minimum atomic E-state index is -0.268. The van der Waals surface area contributed by atoms with Gasteiger partial charge in [0.2, 0.25) is 0 Å². The van der Waals surface area contributed by atoms with E-state index < -0.39 is 0 Å². The van der Waals surface area contributed by atoms with Crippen LogP contribution >= 0.6 is 0 Å². The molecule has 2 N–H and O–H groups in total. The molecule has 1 fully saturated rings. The molecule has 0 radical (unpaired) electrons. The largest absolute Gasteiger partial charge is 0.394 e. The van der Waals surface area contributed by atoms with E-state index in [2.05, 4.69) is 15.6 Å². The van der Waals surface area contributed by atoms with Crippen molar-refractivity contribution in [1.82, 2.24) is 20.3 Å². The van der Waals surface area contributed by atoms with E-state index in [1.165, 1.54) is 4.68 Å². The van der Waals surface area contributed by atoms with Crippen molar-refractivity contribution in [2.75, 3.05) is 19.8 Å². The molecule has 0 aliphatic carbocycles. The number of ether oxygens (including phenoxy) is 2. The summed E-state index contributed by atoms with van der Waals surface area (Å²) in [6.45, 7) is 5.23. The fourth-order valence-electron chi connectivity index (χ4n) is 2.98. The molecule has 0 aromatic carbocycles. The molecule has 26 heavy (non-hydrogen) atoms. The number of amides is 1. The third-order valence-electron chi connectivity index (χ3n) is 4.50. The summed E-state index contributed by atoms with van der Waals surface area (Å²) in [6, 6.07) is 1.46. The average molecular weight is 364 g/mol. The predicted octanol–water partition coefficient (Wildman–Crippen LogP) is 0.584. The van der Waals surface area contributed by atoms with Gasteiger partial charge in [-0.2, -0.15) is 5.10 Å². The van der Waals surface area contributed by atoms with E-state index in [0.29, 0.717) is 31.9 Å². The molecule has 9 heteroatoms. The summed E-state index contributed by atoms with van der Waals surface area (Å²) in [4.78, 5) is 12.6. The maximum Gasteiger partial charge on any atom is 0.269 e. The first-order valence-electron chi connectivity index (χ1n) is 8.64. The van der Waals surface area contributed by atoms with Gasteiger partial charge in [-0.15, -0.1) is 0 Å². The van der Waals surface area contributed by atoms with Crippen molar-refractivity contribution in [3.8, 4) is 0 Å². The van der Waals surface area contributed by atoms with Gasteiger partial charge in [-0.25, -0.2) is 0 Å². The summed E-state index contributed by atoms with van der Waals surface area (Å²) in [5.41, 5.74) is 2.13. The van der Waals surface area contributed by atoms with Crippen LogP contribution in [0.5, 0.6) is 0 Å². The fourth-order valence-corrected chi connectivity index (χ4v) is 2.98. The van der Waals surface area contributed by atoms with Crippen LogP contribution in [0, 0.1) is 13.8 Å². The highest BCUT2D eigenvalue weighted by Gasteiger charge is 2.29. The van der Waals surface area contributed by atoms with Crippen molar-refractivity contribution in [1.29, 1.82) is 0 Å². The molecule has 3 rings (SSSR count). The van der Waals surface area contributed by atoms with Crippen molar-refractivity contribution < 1.29 is 23.9 Å². The Bertz CT molecular complexity index is 722. The molecule has 0 unspecified atom stereocenters. The van der Waals surface area contributed by atoms with Crippen molar-refractivity contribution in [3.63, 3.8) is 0 Å². The number of hydrogen-bond donors (Lipinski definition) is 2. The van der Waals surface area contributed by atoms with E-state index in [-0.39, 0.29) is 31.2 Å². The number of aliphatic hydroxyl groups excluding tert-OH is 1. The zero-order valence-corrected chi connectivity index (χ0v) is 15.0. The smallest absolute Gasteiger partial charge is 0.269 e. The first-order chi connectivity index (χ1) is 12.6. The molecule has 3 heterocycles. The molecule has 2 atom stereocenters. The molecule has 2 aromatic heterocycles. The SMILES string of the molecule is Cc1noc(C)c1CO[C@@H]1COCC[C@H]1NC(=O)c1ccnn1CCO. The van der Waals surface area contributed by atoms with Crippen LogP contribution in [0.4, 0.5) is 0 Å². The number of hydrogen-bond acceptors (Lipinski definition) is 7. The minimum absolute atomic E-state index is 0.0809. The zero-order chi connectivity index (χ0) is 18.5. The van der Waals surface area contributed by atoms with Crippen LogP contribution in [0.25, 0.3) is 0 Å². The summed E-state index contributed by atoms with van der Waals surface area (Å²) in [6.07, 6.45) is 1.93. The van der Waals surface area contributed by atoms with E-state index in [1.54, 1.807) is 12.3 Å². The second kappa shape index (κ2) is 8.43.